The van der Waals surface area contributed by atoms with Crippen molar-refractivity contribution in [3.8, 4) is 11.8 Å². The number of rotatable bonds is 3. The Hall–Kier alpha value is -2.01. The van der Waals surface area contributed by atoms with Crippen molar-refractivity contribution < 1.29 is 9.53 Å². The molecule has 0 aliphatic rings. The van der Waals surface area contributed by atoms with Gasteiger partial charge in [0, 0.05) is 6.92 Å². The van der Waals surface area contributed by atoms with Crippen LogP contribution in [0.3, 0.4) is 0 Å². The minimum Gasteiger partial charge on any atom is -0.445 e. The third-order valence-corrected chi connectivity index (χ3v) is 1.84. The molecule has 0 aliphatic carbocycles. The van der Waals surface area contributed by atoms with E-state index in [2.05, 4.69) is 11.8 Å². The van der Waals surface area contributed by atoms with E-state index in [-0.39, 0.29) is 5.97 Å². The number of carbonyl (C=O) groups excluding carboxylic acids is 1. The van der Waals surface area contributed by atoms with Gasteiger partial charge in [-0.2, -0.15) is 0 Å². The van der Waals surface area contributed by atoms with Crippen molar-refractivity contribution in [1.82, 2.24) is 0 Å². The van der Waals surface area contributed by atoms with Gasteiger partial charge in [-0.05, 0) is 18.6 Å². The van der Waals surface area contributed by atoms with Crippen LogP contribution in [0, 0.1) is 11.8 Å². The first-order valence-corrected chi connectivity index (χ1v) is 5.05. The van der Waals surface area contributed by atoms with E-state index in [0.717, 1.165) is 5.56 Å². The second-order valence-electron chi connectivity index (χ2n) is 3.19. The number of hydrogen-bond acceptors (Lipinski definition) is 2. The molecule has 82 valence electrons. The molecule has 0 heterocycles. The molecule has 1 rings (SSSR count). The minimum atomic E-state index is -0.470. The van der Waals surface area contributed by atoms with Crippen molar-refractivity contribution >= 4 is 12.0 Å². The Balaban J connectivity index is 2.70. The predicted octanol–water partition coefficient (Wildman–Crippen LogP) is 2.65. The van der Waals surface area contributed by atoms with Gasteiger partial charge >= 0.3 is 5.97 Å². The zero-order valence-electron chi connectivity index (χ0n) is 9.44. The maximum absolute atomic E-state index is 10.8. The SMILES string of the molecule is CC#CC(/C=C/c1ccccc1)OC(C)=O. The van der Waals surface area contributed by atoms with Crippen LogP contribution >= 0.6 is 0 Å². The lowest BCUT2D eigenvalue weighted by Crippen LogP contribution is -2.10. The second kappa shape index (κ2) is 6.47. The summed E-state index contributed by atoms with van der Waals surface area (Å²) in [5.74, 6) is 5.21. The summed E-state index contributed by atoms with van der Waals surface area (Å²) in [6.45, 7) is 3.09. The van der Waals surface area contributed by atoms with E-state index in [1.165, 1.54) is 6.92 Å². The number of benzene rings is 1. The fourth-order valence-electron chi connectivity index (χ4n) is 1.20. The standard InChI is InChI=1S/C14H14O2/c1-3-7-14(16-12(2)15)11-10-13-8-5-4-6-9-13/h4-6,8-11,14H,1-2H3/b11-10+. The highest BCUT2D eigenvalue weighted by Gasteiger charge is 2.02. The molecule has 0 fully saturated rings. The molecule has 0 spiro atoms. The molecule has 0 saturated carbocycles. The molecule has 0 saturated heterocycles. The van der Waals surface area contributed by atoms with Crippen molar-refractivity contribution in [2.45, 2.75) is 20.0 Å². The van der Waals surface area contributed by atoms with Crippen LogP contribution in [0.4, 0.5) is 0 Å². The van der Waals surface area contributed by atoms with Crippen molar-refractivity contribution in [3.63, 3.8) is 0 Å². The van der Waals surface area contributed by atoms with Gasteiger partial charge in [0.15, 0.2) is 6.10 Å². The van der Waals surface area contributed by atoms with Gasteiger partial charge in [-0.3, -0.25) is 4.79 Å². The quantitative estimate of drug-likeness (QED) is 0.571. The van der Waals surface area contributed by atoms with Gasteiger partial charge in [0.05, 0.1) is 0 Å². The van der Waals surface area contributed by atoms with E-state index in [4.69, 9.17) is 4.74 Å². The van der Waals surface area contributed by atoms with Gasteiger partial charge in [-0.1, -0.05) is 42.3 Å². The summed E-state index contributed by atoms with van der Waals surface area (Å²) < 4.78 is 5.01. The van der Waals surface area contributed by atoms with Gasteiger partial charge in [0.1, 0.15) is 0 Å². The minimum absolute atomic E-state index is 0.328. The van der Waals surface area contributed by atoms with Gasteiger partial charge in [-0.15, -0.1) is 5.92 Å². The Morgan fingerprint density at radius 1 is 1.38 bits per heavy atom. The van der Waals surface area contributed by atoms with Crippen molar-refractivity contribution in [2.24, 2.45) is 0 Å². The molecule has 0 N–H and O–H groups in total. The van der Waals surface area contributed by atoms with Crippen LogP contribution in [0.25, 0.3) is 6.08 Å². The number of ether oxygens (including phenoxy) is 1. The fraction of sp³-hybridized carbons (Fsp3) is 0.214. The molecule has 0 radical (unpaired) electrons. The van der Waals surface area contributed by atoms with E-state index in [9.17, 15) is 4.79 Å². The predicted molar refractivity (Wildman–Crippen MR) is 64.5 cm³/mol. The van der Waals surface area contributed by atoms with E-state index in [1.54, 1.807) is 13.0 Å². The molecule has 1 atom stereocenters. The van der Waals surface area contributed by atoms with E-state index in [1.807, 2.05) is 36.4 Å². The Morgan fingerprint density at radius 3 is 2.62 bits per heavy atom. The lowest BCUT2D eigenvalue weighted by molar-refractivity contribution is -0.142. The maximum atomic E-state index is 10.8. The monoisotopic (exact) mass is 214 g/mol. The summed E-state index contributed by atoms with van der Waals surface area (Å²) in [5, 5.41) is 0. The molecule has 0 aliphatic heterocycles. The lowest BCUT2D eigenvalue weighted by atomic mass is 10.2. The molecule has 2 nitrogen and oxygen atoms in total. The topological polar surface area (TPSA) is 26.3 Å². The molecular weight excluding hydrogens is 200 g/mol. The highest BCUT2D eigenvalue weighted by molar-refractivity contribution is 5.67. The average molecular weight is 214 g/mol. The lowest BCUT2D eigenvalue weighted by Gasteiger charge is -2.05. The van der Waals surface area contributed by atoms with Crippen molar-refractivity contribution in [2.75, 3.05) is 0 Å². The molecule has 16 heavy (non-hydrogen) atoms. The first-order valence-electron chi connectivity index (χ1n) is 5.05. The zero-order valence-corrected chi connectivity index (χ0v) is 9.44. The Bertz CT molecular complexity index is 421. The molecule has 0 aromatic heterocycles. The molecule has 2 heteroatoms. The third kappa shape index (κ3) is 4.47. The van der Waals surface area contributed by atoms with E-state index in [0.29, 0.717) is 0 Å². The maximum Gasteiger partial charge on any atom is 0.304 e. The van der Waals surface area contributed by atoms with Crippen LogP contribution in [0.1, 0.15) is 19.4 Å². The van der Waals surface area contributed by atoms with Crippen LogP contribution in [-0.4, -0.2) is 12.1 Å². The molecular formula is C14H14O2. The van der Waals surface area contributed by atoms with Gasteiger partial charge in [0.2, 0.25) is 0 Å². The van der Waals surface area contributed by atoms with Crippen molar-refractivity contribution in [3.05, 3.63) is 42.0 Å². The van der Waals surface area contributed by atoms with Crippen LogP contribution in [0.2, 0.25) is 0 Å². The summed E-state index contributed by atoms with van der Waals surface area (Å²) in [5.41, 5.74) is 1.05. The van der Waals surface area contributed by atoms with E-state index < -0.39 is 6.10 Å². The third-order valence-electron chi connectivity index (χ3n) is 1.84. The highest BCUT2D eigenvalue weighted by atomic mass is 16.5. The van der Waals surface area contributed by atoms with Gasteiger partial charge < -0.3 is 4.74 Å². The van der Waals surface area contributed by atoms with Crippen LogP contribution in [-0.2, 0) is 9.53 Å². The number of carbonyl (C=O) groups is 1. The van der Waals surface area contributed by atoms with Crippen LogP contribution < -0.4 is 0 Å². The Morgan fingerprint density at radius 2 is 2.06 bits per heavy atom. The first kappa shape index (κ1) is 12.1. The highest BCUT2D eigenvalue weighted by Crippen LogP contribution is 2.03. The zero-order chi connectivity index (χ0) is 11.8. The second-order valence-corrected chi connectivity index (χ2v) is 3.19. The summed E-state index contributed by atoms with van der Waals surface area (Å²) in [7, 11) is 0. The average Bonchev–Trinajstić information content (AvgIpc) is 2.27. The largest absolute Gasteiger partial charge is 0.445 e. The number of hydrogen-bond donors (Lipinski definition) is 0. The normalized spacial score (nSPS) is 11.6. The molecule has 0 amide bonds. The summed E-state index contributed by atoms with van der Waals surface area (Å²) in [6, 6.07) is 9.80. The Labute approximate surface area is 95.9 Å². The molecule has 0 bridgehead atoms. The van der Waals surface area contributed by atoms with Crippen LogP contribution in [0.15, 0.2) is 36.4 Å². The number of esters is 1. The first-order chi connectivity index (χ1) is 7.72. The molecule has 1 unspecified atom stereocenters. The smallest absolute Gasteiger partial charge is 0.304 e. The summed E-state index contributed by atoms with van der Waals surface area (Å²) in [6.07, 6.45) is 3.19. The van der Waals surface area contributed by atoms with Crippen molar-refractivity contribution in [1.29, 1.82) is 0 Å². The molecule has 1 aromatic rings. The Kier molecular flexibility index (Phi) is 4.88. The summed E-state index contributed by atoms with van der Waals surface area (Å²) >= 11 is 0. The van der Waals surface area contributed by atoms with E-state index >= 15 is 0 Å². The fourth-order valence-corrected chi connectivity index (χ4v) is 1.20. The molecule has 1 aromatic carbocycles. The summed E-state index contributed by atoms with van der Waals surface area (Å²) in [4.78, 5) is 10.8. The van der Waals surface area contributed by atoms with Gasteiger partial charge in [0.25, 0.3) is 0 Å². The van der Waals surface area contributed by atoms with Gasteiger partial charge in [-0.25, -0.2) is 0 Å². The van der Waals surface area contributed by atoms with Crippen LogP contribution in [0.5, 0.6) is 0 Å².